The van der Waals surface area contributed by atoms with Crippen LogP contribution in [0.2, 0.25) is 0 Å². The monoisotopic (exact) mass is 269 g/mol. The second kappa shape index (κ2) is 6.87. The van der Waals surface area contributed by atoms with E-state index in [0.717, 1.165) is 11.1 Å². The molecular formula is C17H19NO2. The summed E-state index contributed by atoms with van der Waals surface area (Å²) in [5.41, 5.74) is 2.81. The number of amides is 1. The number of carbonyl (C=O) groups is 1. The van der Waals surface area contributed by atoms with Crippen LogP contribution in [-0.2, 0) is 0 Å². The van der Waals surface area contributed by atoms with E-state index >= 15 is 0 Å². The number of carbonyl (C=O) groups excluding carboxylic acids is 1. The molecule has 0 aliphatic heterocycles. The summed E-state index contributed by atoms with van der Waals surface area (Å²) in [5, 5.41) is 12.2. The highest BCUT2D eigenvalue weighted by molar-refractivity contribution is 5.94. The van der Waals surface area contributed by atoms with Crippen molar-refractivity contribution in [3.8, 4) is 11.1 Å². The zero-order valence-corrected chi connectivity index (χ0v) is 11.5. The molecule has 104 valence electrons. The first kappa shape index (κ1) is 14.3. The van der Waals surface area contributed by atoms with E-state index in [4.69, 9.17) is 0 Å². The van der Waals surface area contributed by atoms with Gasteiger partial charge in [-0.3, -0.25) is 4.79 Å². The number of aliphatic hydroxyl groups excluding tert-OH is 1. The number of hydrogen-bond donors (Lipinski definition) is 2. The van der Waals surface area contributed by atoms with Crippen molar-refractivity contribution in [3.63, 3.8) is 0 Å². The van der Waals surface area contributed by atoms with E-state index in [2.05, 4.69) is 5.32 Å². The molecular weight excluding hydrogens is 250 g/mol. The largest absolute Gasteiger partial charge is 0.391 e. The van der Waals surface area contributed by atoms with Crippen LogP contribution in [0.5, 0.6) is 0 Å². The molecule has 0 aromatic heterocycles. The van der Waals surface area contributed by atoms with Crippen LogP contribution in [0.4, 0.5) is 0 Å². The van der Waals surface area contributed by atoms with Crippen LogP contribution in [0.15, 0.2) is 54.6 Å². The smallest absolute Gasteiger partial charge is 0.251 e. The molecule has 1 amide bonds. The first-order valence-corrected chi connectivity index (χ1v) is 6.82. The first-order valence-electron chi connectivity index (χ1n) is 6.82. The average Bonchev–Trinajstić information content (AvgIpc) is 2.53. The molecule has 1 atom stereocenters. The molecule has 2 aromatic rings. The molecule has 0 fully saturated rings. The summed E-state index contributed by atoms with van der Waals surface area (Å²) in [7, 11) is 0. The molecule has 0 aliphatic carbocycles. The molecule has 0 saturated carbocycles. The van der Waals surface area contributed by atoms with Crippen molar-refractivity contribution in [2.45, 2.75) is 19.4 Å². The fraction of sp³-hybridized carbons (Fsp3) is 0.235. The molecule has 2 rings (SSSR count). The lowest BCUT2D eigenvalue weighted by Gasteiger charge is -2.10. The minimum atomic E-state index is -0.484. The summed E-state index contributed by atoms with van der Waals surface area (Å²) in [4.78, 5) is 11.9. The Morgan fingerprint density at radius 3 is 2.25 bits per heavy atom. The van der Waals surface area contributed by atoms with E-state index in [1.165, 1.54) is 0 Å². The van der Waals surface area contributed by atoms with Crippen molar-refractivity contribution in [3.05, 3.63) is 60.2 Å². The van der Waals surface area contributed by atoms with Crippen LogP contribution in [0.25, 0.3) is 11.1 Å². The fourth-order valence-corrected chi connectivity index (χ4v) is 1.90. The van der Waals surface area contributed by atoms with E-state index < -0.39 is 6.10 Å². The van der Waals surface area contributed by atoms with E-state index in [-0.39, 0.29) is 12.5 Å². The molecule has 0 radical (unpaired) electrons. The topological polar surface area (TPSA) is 49.3 Å². The van der Waals surface area contributed by atoms with Gasteiger partial charge in [-0.25, -0.2) is 0 Å². The van der Waals surface area contributed by atoms with Crippen molar-refractivity contribution in [1.29, 1.82) is 0 Å². The minimum Gasteiger partial charge on any atom is -0.391 e. The highest BCUT2D eigenvalue weighted by atomic mass is 16.3. The molecule has 0 aliphatic rings. The van der Waals surface area contributed by atoms with Crippen molar-refractivity contribution < 1.29 is 9.90 Å². The maximum absolute atomic E-state index is 11.9. The van der Waals surface area contributed by atoms with Crippen molar-refractivity contribution >= 4 is 5.91 Å². The number of nitrogens with one attached hydrogen (secondary N) is 1. The Bertz CT molecular complexity index is 549. The number of rotatable bonds is 5. The predicted molar refractivity (Wildman–Crippen MR) is 80.5 cm³/mol. The Morgan fingerprint density at radius 1 is 1.05 bits per heavy atom. The summed E-state index contributed by atoms with van der Waals surface area (Å²) in [6, 6.07) is 17.5. The zero-order valence-electron chi connectivity index (χ0n) is 11.5. The molecule has 2 aromatic carbocycles. The molecule has 3 heteroatoms. The van der Waals surface area contributed by atoms with Gasteiger partial charge in [-0.15, -0.1) is 0 Å². The molecule has 2 N–H and O–H groups in total. The summed E-state index contributed by atoms with van der Waals surface area (Å²) >= 11 is 0. The quantitative estimate of drug-likeness (QED) is 0.877. The Kier molecular flexibility index (Phi) is 4.91. The summed E-state index contributed by atoms with van der Waals surface area (Å²) in [5.74, 6) is -0.155. The molecule has 1 unspecified atom stereocenters. The summed E-state index contributed by atoms with van der Waals surface area (Å²) in [6.45, 7) is 2.17. The van der Waals surface area contributed by atoms with Crippen LogP contribution in [0.3, 0.4) is 0 Å². The molecule has 0 saturated heterocycles. The van der Waals surface area contributed by atoms with Gasteiger partial charge in [-0.05, 0) is 29.7 Å². The van der Waals surface area contributed by atoms with Gasteiger partial charge in [0.05, 0.1) is 6.10 Å². The van der Waals surface area contributed by atoms with Crippen LogP contribution in [0, 0.1) is 0 Å². The third-order valence-corrected chi connectivity index (χ3v) is 3.22. The van der Waals surface area contributed by atoms with Gasteiger partial charge < -0.3 is 10.4 Å². The highest BCUT2D eigenvalue weighted by Crippen LogP contribution is 2.19. The van der Waals surface area contributed by atoms with Crippen LogP contribution < -0.4 is 5.32 Å². The van der Waals surface area contributed by atoms with E-state index in [1.807, 2.05) is 49.4 Å². The van der Waals surface area contributed by atoms with Crippen LogP contribution in [0.1, 0.15) is 23.7 Å². The summed E-state index contributed by atoms with van der Waals surface area (Å²) in [6.07, 6.45) is 0.148. The van der Waals surface area contributed by atoms with Gasteiger partial charge in [0.2, 0.25) is 0 Å². The van der Waals surface area contributed by atoms with Crippen molar-refractivity contribution in [2.24, 2.45) is 0 Å². The number of aliphatic hydroxyl groups is 1. The molecule has 0 spiro atoms. The number of hydrogen-bond acceptors (Lipinski definition) is 2. The molecule has 3 nitrogen and oxygen atoms in total. The van der Waals surface area contributed by atoms with Gasteiger partial charge in [-0.2, -0.15) is 0 Å². The highest BCUT2D eigenvalue weighted by Gasteiger charge is 2.07. The lowest BCUT2D eigenvalue weighted by Crippen LogP contribution is -2.31. The van der Waals surface area contributed by atoms with Gasteiger partial charge >= 0.3 is 0 Å². The van der Waals surface area contributed by atoms with Gasteiger partial charge in [0.15, 0.2) is 0 Å². The van der Waals surface area contributed by atoms with Gasteiger partial charge in [0.1, 0.15) is 0 Å². The molecule has 20 heavy (non-hydrogen) atoms. The maximum atomic E-state index is 11.9. The Balaban J connectivity index is 2.03. The lowest BCUT2D eigenvalue weighted by atomic mass is 10.0. The molecule has 0 bridgehead atoms. The van der Waals surface area contributed by atoms with Crippen molar-refractivity contribution in [2.75, 3.05) is 6.54 Å². The fourth-order valence-electron chi connectivity index (χ4n) is 1.90. The Morgan fingerprint density at radius 2 is 1.65 bits per heavy atom. The third-order valence-electron chi connectivity index (χ3n) is 3.22. The normalized spacial score (nSPS) is 11.9. The SMILES string of the molecule is CCC(O)CNC(=O)c1ccc(-c2ccccc2)cc1. The van der Waals surface area contributed by atoms with Crippen molar-refractivity contribution in [1.82, 2.24) is 5.32 Å². The van der Waals surface area contributed by atoms with Gasteiger partial charge in [0, 0.05) is 12.1 Å². The molecule has 0 heterocycles. The van der Waals surface area contributed by atoms with Gasteiger partial charge in [-0.1, -0.05) is 49.4 Å². The predicted octanol–water partition coefficient (Wildman–Crippen LogP) is 2.85. The second-order valence-corrected chi connectivity index (χ2v) is 4.72. The number of benzene rings is 2. The van der Waals surface area contributed by atoms with Crippen LogP contribution in [-0.4, -0.2) is 23.7 Å². The third kappa shape index (κ3) is 3.68. The second-order valence-electron chi connectivity index (χ2n) is 4.72. The Labute approximate surface area is 119 Å². The standard InChI is InChI=1S/C17H19NO2/c1-2-16(19)12-18-17(20)15-10-8-14(9-11-15)13-6-4-3-5-7-13/h3-11,16,19H,2,12H2,1H3,(H,18,20). The minimum absolute atomic E-state index is 0.155. The van der Waals surface area contributed by atoms with E-state index in [1.54, 1.807) is 12.1 Å². The summed E-state index contributed by atoms with van der Waals surface area (Å²) < 4.78 is 0. The van der Waals surface area contributed by atoms with Gasteiger partial charge in [0.25, 0.3) is 5.91 Å². The average molecular weight is 269 g/mol. The van der Waals surface area contributed by atoms with Crippen LogP contribution >= 0.6 is 0 Å². The maximum Gasteiger partial charge on any atom is 0.251 e. The Hall–Kier alpha value is -2.13. The lowest BCUT2D eigenvalue weighted by molar-refractivity contribution is 0.0914. The first-order chi connectivity index (χ1) is 9.70. The van der Waals surface area contributed by atoms with E-state index in [0.29, 0.717) is 12.0 Å². The zero-order chi connectivity index (χ0) is 14.4. The van der Waals surface area contributed by atoms with E-state index in [9.17, 15) is 9.90 Å².